The van der Waals surface area contributed by atoms with E-state index in [1.165, 1.54) is 15.9 Å². The molecule has 0 bridgehead atoms. The Hall–Kier alpha value is -1.28. The number of benzene rings is 1. The Morgan fingerprint density at radius 3 is 2.65 bits per heavy atom. The van der Waals surface area contributed by atoms with E-state index in [4.69, 9.17) is 0 Å². The Morgan fingerprint density at radius 2 is 1.85 bits per heavy atom. The second-order valence-corrected chi connectivity index (χ2v) is 5.93. The molecule has 0 unspecified atom stereocenters. The second-order valence-electron chi connectivity index (χ2n) is 4.93. The topological polar surface area (TPSA) is 0 Å². The van der Waals surface area contributed by atoms with Crippen LogP contribution >= 0.6 is 11.3 Å². The molecule has 103 valence electrons. The number of rotatable bonds is 8. The van der Waals surface area contributed by atoms with Gasteiger partial charge >= 0.3 is 0 Å². The molecule has 0 aliphatic carbocycles. The first-order chi connectivity index (χ1) is 9.90. The summed E-state index contributed by atoms with van der Waals surface area (Å²) in [4.78, 5) is 1.51. The van der Waals surface area contributed by atoms with Crippen LogP contribution in [0.2, 0.25) is 6.32 Å². The summed E-state index contributed by atoms with van der Waals surface area (Å²) in [5.74, 6) is 0. The van der Waals surface area contributed by atoms with Crippen molar-refractivity contribution in [2.45, 2.75) is 38.9 Å². The Balaban J connectivity index is 1.60. The molecule has 1 aromatic heterocycles. The van der Waals surface area contributed by atoms with Crippen molar-refractivity contribution in [3.05, 3.63) is 64.4 Å². The van der Waals surface area contributed by atoms with Crippen molar-refractivity contribution < 1.29 is 0 Å². The number of allylic oxidation sites excluding steroid dienone is 2. The van der Waals surface area contributed by atoms with Crippen molar-refractivity contribution >= 4 is 24.1 Å². The molecular weight excluding hydrogens is 259 g/mol. The van der Waals surface area contributed by atoms with Gasteiger partial charge in [-0.2, -0.15) is 0 Å². The van der Waals surface area contributed by atoms with Crippen molar-refractivity contribution in [2.24, 2.45) is 0 Å². The first kappa shape index (κ1) is 15.1. The molecule has 1 heterocycles. The summed E-state index contributed by atoms with van der Waals surface area (Å²) in [5.41, 5.74) is 2.87. The maximum absolute atomic E-state index is 2.37. The predicted octanol–water partition coefficient (Wildman–Crippen LogP) is 4.64. The third-order valence-electron chi connectivity index (χ3n) is 3.41. The van der Waals surface area contributed by atoms with E-state index in [0.717, 1.165) is 32.0 Å². The maximum atomic E-state index is 2.37. The van der Waals surface area contributed by atoms with Gasteiger partial charge in [-0.3, -0.25) is 0 Å². The fraction of sp³-hybridized carbons (Fsp3) is 0.333. The summed E-state index contributed by atoms with van der Waals surface area (Å²) < 4.78 is 0. The minimum absolute atomic E-state index is 1.14. The smallest absolute Gasteiger partial charge is 0.150 e. The van der Waals surface area contributed by atoms with Crippen LogP contribution in [-0.4, -0.2) is 7.28 Å². The number of aryl methyl sites for hydroxylation is 2. The van der Waals surface area contributed by atoms with E-state index in [2.05, 4.69) is 68.1 Å². The molecule has 1 aromatic carbocycles. The van der Waals surface area contributed by atoms with Gasteiger partial charge in [0.25, 0.3) is 0 Å². The van der Waals surface area contributed by atoms with Gasteiger partial charge in [-0.05, 0) is 41.5 Å². The molecule has 2 rings (SSSR count). The number of hydrogen-bond donors (Lipinski definition) is 0. The Kier molecular flexibility index (Phi) is 6.66. The Bertz CT molecular complexity index is 513. The van der Waals surface area contributed by atoms with Crippen LogP contribution in [0, 0.1) is 0 Å². The fourth-order valence-corrected chi connectivity index (χ4v) is 3.12. The Labute approximate surface area is 127 Å². The second kappa shape index (κ2) is 8.81. The maximum Gasteiger partial charge on any atom is 0.153 e. The zero-order valence-electron chi connectivity index (χ0n) is 12.2. The van der Waals surface area contributed by atoms with Gasteiger partial charge in [0.15, 0.2) is 7.28 Å². The van der Waals surface area contributed by atoms with Crippen LogP contribution in [0.15, 0.2) is 53.9 Å². The molecule has 2 heteroatoms. The van der Waals surface area contributed by atoms with E-state index in [1.807, 2.05) is 11.3 Å². The van der Waals surface area contributed by atoms with Crippen LogP contribution in [0.1, 0.15) is 30.2 Å². The molecule has 2 aromatic rings. The lowest BCUT2D eigenvalue weighted by molar-refractivity contribution is 0.991. The summed E-state index contributed by atoms with van der Waals surface area (Å²) in [6, 6.07) is 12.9. The minimum atomic E-state index is 1.14. The van der Waals surface area contributed by atoms with E-state index >= 15 is 0 Å². The van der Waals surface area contributed by atoms with Gasteiger partial charge in [0.05, 0.1) is 0 Å². The number of hydrogen-bond acceptors (Lipinski definition) is 1. The van der Waals surface area contributed by atoms with E-state index in [0.29, 0.717) is 0 Å². The molecular formula is C18H22BS. The molecule has 0 aliphatic rings. The van der Waals surface area contributed by atoms with Crippen molar-refractivity contribution in [2.75, 3.05) is 0 Å². The highest BCUT2D eigenvalue weighted by molar-refractivity contribution is 7.11. The zero-order chi connectivity index (χ0) is 14.0. The Morgan fingerprint density at radius 1 is 1.05 bits per heavy atom. The van der Waals surface area contributed by atoms with Crippen molar-refractivity contribution in [1.29, 1.82) is 0 Å². The summed E-state index contributed by atoms with van der Waals surface area (Å²) >= 11 is 1.87. The molecule has 0 saturated carbocycles. The summed E-state index contributed by atoms with van der Waals surface area (Å²) in [6.45, 7) is 2.23. The average molecular weight is 281 g/mol. The van der Waals surface area contributed by atoms with Gasteiger partial charge in [-0.1, -0.05) is 67.3 Å². The van der Waals surface area contributed by atoms with E-state index in [-0.39, 0.29) is 0 Å². The standard InChI is InChI=1S/C18H22BS/c1-2-18-17(13-15-20-18)19-14-9-4-3-6-10-16-11-7-5-8-12-16/h3-5,7-8,11-13,15H,2,6,9-10,14H2,1H3. The van der Waals surface area contributed by atoms with Crippen LogP contribution in [0.5, 0.6) is 0 Å². The lowest BCUT2D eigenvalue weighted by Gasteiger charge is -1.99. The van der Waals surface area contributed by atoms with Crippen LogP contribution in [-0.2, 0) is 12.8 Å². The molecule has 0 saturated heterocycles. The molecule has 0 spiro atoms. The molecule has 0 nitrogen and oxygen atoms in total. The molecule has 0 atom stereocenters. The molecule has 0 N–H and O–H groups in total. The fourth-order valence-electron chi connectivity index (χ4n) is 2.29. The molecule has 0 fully saturated rings. The zero-order valence-corrected chi connectivity index (χ0v) is 13.0. The van der Waals surface area contributed by atoms with Gasteiger partial charge in [-0.25, -0.2) is 0 Å². The predicted molar refractivity (Wildman–Crippen MR) is 92.4 cm³/mol. The molecule has 0 aliphatic heterocycles. The summed E-state index contributed by atoms with van der Waals surface area (Å²) in [7, 11) is 2.37. The SMILES string of the molecule is CCc1sccc1[B]CCC=CCCc1ccccc1. The number of thiophene rings is 1. The average Bonchev–Trinajstić information content (AvgIpc) is 2.95. The van der Waals surface area contributed by atoms with Gasteiger partial charge in [0.1, 0.15) is 0 Å². The third kappa shape index (κ3) is 5.01. The van der Waals surface area contributed by atoms with Gasteiger partial charge < -0.3 is 0 Å². The van der Waals surface area contributed by atoms with Crippen molar-refractivity contribution in [3.8, 4) is 0 Å². The lowest BCUT2D eigenvalue weighted by atomic mass is 9.66. The molecule has 0 amide bonds. The monoisotopic (exact) mass is 281 g/mol. The quantitative estimate of drug-likeness (QED) is 0.376. The van der Waals surface area contributed by atoms with E-state index in [1.54, 1.807) is 0 Å². The molecule has 1 radical (unpaired) electrons. The van der Waals surface area contributed by atoms with Crippen LogP contribution in [0.3, 0.4) is 0 Å². The van der Waals surface area contributed by atoms with Gasteiger partial charge in [0, 0.05) is 0 Å². The lowest BCUT2D eigenvalue weighted by Crippen LogP contribution is -2.14. The highest BCUT2D eigenvalue weighted by Crippen LogP contribution is 2.08. The first-order valence-corrected chi connectivity index (χ1v) is 8.36. The van der Waals surface area contributed by atoms with Crippen LogP contribution in [0.4, 0.5) is 0 Å². The van der Waals surface area contributed by atoms with Crippen LogP contribution < -0.4 is 5.46 Å². The normalized spacial score (nSPS) is 11.1. The first-order valence-electron chi connectivity index (χ1n) is 7.48. The molecule has 20 heavy (non-hydrogen) atoms. The minimum Gasteiger partial charge on any atom is -0.150 e. The summed E-state index contributed by atoms with van der Waals surface area (Å²) in [6.07, 6.45) is 10.4. The van der Waals surface area contributed by atoms with Crippen LogP contribution in [0.25, 0.3) is 0 Å². The summed E-state index contributed by atoms with van der Waals surface area (Å²) in [5, 5.41) is 2.19. The van der Waals surface area contributed by atoms with E-state index in [9.17, 15) is 0 Å². The van der Waals surface area contributed by atoms with Crippen molar-refractivity contribution in [3.63, 3.8) is 0 Å². The van der Waals surface area contributed by atoms with Gasteiger partial charge in [0.2, 0.25) is 0 Å². The largest absolute Gasteiger partial charge is 0.153 e. The van der Waals surface area contributed by atoms with Gasteiger partial charge in [-0.15, -0.1) is 11.3 Å². The van der Waals surface area contributed by atoms with Crippen molar-refractivity contribution in [1.82, 2.24) is 0 Å². The third-order valence-corrected chi connectivity index (χ3v) is 4.49. The highest BCUT2D eigenvalue weighted by Gasteiger charge is 2.02. The highest BCUT2D eigenvalue weighted by atomic mass is 32.1. The van der Waals surface area contributed by atoms with E-state index < -0.39 is 0 Å².